The third kappa shape index (κ3) is 3.69. The van der Waals surface area contributed by atoms with Crippen molar-refractivity contribution >= 4 is 11.6 Å². The fraction of sp³-hybridized carbons (Fsp3) is 0.533. The molecule has 116 valence electrons. The lowest BCUT2D eigenvalue weighted by Gasteiger charge is -2.29. The van der Waals surface area contributed by atoms with Crippen LogP contribution in [0, 0.1) is 17.6 Å². The zero-order valence-corrected chi connectivity index (χ0v) is 12.1. The van der Waals surface area contributed by atoms with Gasteiger partial charge in [-0.3, -0.25) is 10.6 Å². The minimum Gasteiger partial charge on any atom is -0.349 e. The SMILES string of the molecule is CCC1CCCC(NC(=O)c2cc(F)c(NN)c(F)c2)C1. The molecular weight excluding hydrogens is 276 g/mol. The van der Waals surface area contributed by atoms with Crippen molar-refractivity contribution in [3.63, 3.8) is 0 Å². The molecule has 6 heteroatoms. The number of halogens is 2. The van der Waals surface area contributed by atoms with E-state index in [2.05, 4.69) is 12.2 Å². The van der Waals surface area contributed by atoms with Gasteiger partial charge in [0.15, 0.2) is 11.6 Å². The van der Waals surface area contributed by atoms with E-state index in [4.69, 9.17) is 5.84 Å². The van der Waals surface area contributed by atoms with E-state index in [1.807, 2.05) is 5.43 Å². The molecule has 0 saturated heterocycles. The lowest BCUT2D eigenvalue weighted by Crippen LogP contribution is -2.38. The molecule has 0 aliphatic heterocycles. The summed E-state index contributed by atoms with van der Waals surface area (Å²) in [6.45, 7) is 2.14. The zero-order chi connectivity index (χ0) is 15.4. The zero-order valence-electron chi connectivity index (χ0n) is 12.1. The van der Waals surface area contributed by atoms with Gasteiger partial charge in [-0.1, -0.05) is 26.2 Å². The molecule has 0 radical (unpaired) electrons. The van der Waals surface area contributed by atoms with Gasteiger partial charge < -0.3 is 10.7 Å². The first-order chi connectivity index (χ1) is 10.0. The van der Waals surface area contributed by atoms with Gasteiger partial charge in [0.2, 0.25) is 0 Å². The van der Waals surface area contributed by atoms with Gasteiger partial charge in [0.05, 0.1) is 0 Å². The molecule has 21 heavy (non-hydrogen) atoms. The van der Waals surface area contributed by atoms with Crippen LogP contribution in [0.5, 0.6) is 0 Å². The maximum Gasteiger partial charge on any atom is 0.251 e. The average Bonchev–Trinajstić information content (AvgIpc) is 2.47. The summed E-state index contributed by atoms with van der Waals surface area (Å²) in [6, 6.07) is 2.07. The number of carbonyl (C=O) groups excluding carboxylic acids is 1. The number of hydrogen-bond acceptors (Lipinski definition) is 3. The Kier molecular flexibility index (Phi) is 5.12. The highest BCUT2D eigenvalue weighted by Crippen LogP contribution is 2.27. The van der Waals surface area contributed by atoms with Crippen LogP contribution in [0.15, 0.2) is 12.1 Å². The number of carbonyl (C=O) groups is 1. The number of nitrogen functional groups attached to an aromatic ring is 1. The van der Waals surface area contributed by atoms with Crippen molar-refractivity contribution in [2.75, 3.05) is 5.43 Å². The molecule has 1 aromatic rings. The Hall–Kier alpha value is -1.69. The first kappa shape index (κ1) is 15.7. The number of hydrazine groups is 1. The number of nitrogens with one attached hydrogen (secondary N) is 2. The molecule has 1 amide bonds. The number of hydrogen-bond donors (Lipinski definition) is 3. The Bertz CT molecular complexity index is 499. The van der Waals surface area contributed by atoms with Crippen LogP contribution in [0.2, 0.25) is 0 Å². The van der Waals surface area contributed by atoms with Crippen LogP contribution < -0.4 is 16.6 Å². The van der Waals surface area contributed by atoms with Crippen LogP contribution >= 0.6 is 0 Å². The maximum atomic E-state index is 13.6. The molecule has 0 aromatic heterocycles. The fourth-order valence-corrected chi connectivity index (χ4v) is 2.90. The third-order valence-corrected chi connectivity index (χ3v) is 4.14. The van der Waals surface area contributed by atoms with Crippen LogP contribution in [-0.4, -0.2) is 11.9 Å². The van der Waals surface area contributed by atoms with E-state index in [0.29, 0.717) is 5.92 Å². The molecule has 1 aromatic carbocycles. The fourth-order valence-electron chi connectivity index (χ4n) is 2.90. The molecule has 0 heterocycles. The van der Waals surface area contributed by atoms with Gasteiger partial charge in [-0.05, 0) is 30.9 Å². The highest BCUT2D eigenvalue weighted by atomic mass is 19.1. The molecule has 1 aliphatic carbocycles. The Morgan fingerprint density at radius 3 is 2.57 bits per heavy atom. The predicted molar refractivity (Wildman–Crippen MR) is 77.7 cm³/mol. The van der Waals surface area contributed by atoms with Crippen molar-refractivity contribution < 1.29 is 13.6 Å². The maximum absolute atomic E-state index is 13.6. The first-order valence-corrected chi connectivity index (χ1v) is 7.31. The normalized spacial score (nSPS) is 21.9. The van der Waals surface area contributed by atoms with E-state index < -0.39 is 23.2 Å². The van der Waals surface area contributed by atoms with E-state index in [-0.39, 0.29) is 11.6 Å². The summed E-state index contributed by atoms with van der Waals surface area (Å²) in [6.07, 6.45) is 5.18. The molecule has 2 atom stereocenters. The van der Waals surface area contributed by atoms with Gasteiger partial charge in [-0.15, -0.1) is 0 Å². The lowest BCUT2D eigenvalue weighted by molar-refractivity contribution is 0.0918. The molecule has 1 aliphatic rings. The predicted octanol–water partition coefficient (Wildman–Crippen LogP) is 2.95. The second kappa shape index (κ2) is 6.85. The van der Waals surface area contributed by atoms with Crippen molar-refractivity contribution in [1.82, 2.24) is 5.32 Å². The first-order valence-electron chi connectivity index (χ1n) is 7.31. The third-order valence-electron chi connectivity index (χ3n) is 4.14. The summed E-state index contributed by atoms with van der Waals surface area (Å²) in [7, 11) is 0. The van der Waals surface area contributed by atoms with E-state index in [0.717, 1.165) is 37.8 Å². The lowest BCUT2D eigenvalue weighted by atomic mass is 9.84. The molecule has 0 spiro atoms. The van der Waals surface area contributed by atoms with Gasteiger partial charge >= 0.3 is 0 Å². The molecule has 1 saturated carbocycles. The summed E-state index contributed by atoms with van der Waals surface area (Å²) >= 11 is 0. The minimum absolute atomic E-state index is 0.0254. The minimum atomic E-state index is -0.877. The molecule has 0 bridgehead atoms. The summed E-state index contributed by atoms with van der Waals surface area (Å²) < 4.78 is 27.2. The molecular formula is C15H21F2N3O. The van der Waals surface area contributed by atoms with Crippen molar-refractivity contribution in [1.29, 1.82) is 0 Å². The van der Waals surface area contributed by atoms with E-state index in [1.165, 1.54) is 6.42 Å². The highest BCUT2D eigenvalue weighted by molar-refractivity contribution is 5.94. The van der Waals surface area contributed by atoms with Crippen molar-refractivity contribution in [2.24, 2.45) is 11.8 Å². The van der Waals surface area contributed by atoms with Crippen LogP contribution in [0.1, 0.15) is 49.4 Å². The smallest absolute Gasteiger partial charge is 0.251 e. The van der Waals surface area contributed by atoms with Gasteiger partial charge in [-0.25, -0.2) is 8.78 Å². The second-order valence-corrected chi connectivity index (χ2v) is 5.57. The van der Waals surface area contributed by atoms with Crippen molar-refractivity contribution in [3.8, 4) is 0 Å². The Morgan fingerprint density at radius 2 is 2.00 bits per heavy atom. The summed E-state index contributed by atoms with van der Waals surface area (Å²) in [4.78, 5) is 12.1. The molecule has 4 nitrogen and oxygen atoms in total. The summed E-state index contributed by atoms with van der Waals surface area (Å²) in [5.41, 5.74) is 1.48. The quantitative estimate of drug-likeness (QED) is 0.591. The van der Waals surface area contributed by atoms with Crippen molar-refractivity contribution in [2.45, 2.75) is 45.1 Å². The standard InChI is InChI=1S/C15H21F2N3O/c1-2-9-4-3-5-11(6-9)19-15(21)10-7-12(16)14(20-18)13(17)8-10/h7-9,11,20H,2-6,18H2,1H3,(H,19,21). The molecule has 2 unspecified atom stereocenters. The number of anilines is 1. The Morgan fingerprint density at radius 1 is 1.33 bits per heavy atom. The Labute approximate surface area is 123 Å². The van der Waals surface area contributed by atoms with Gasteiger partial charge in [0.1, 0.15) is 5.69 Å². The van der Waals surface area contributed by atoms with Crippen LogP contribution in [-0.2, 0) is 0 Å². The van der Waals surface area contributed by atoms with Gasteiger partial charge in [0, 0.05) is 11.6 Å². The summed E-state index contributed by atoms with van der Waals surface area (Å²) in [5.74, 6) is 3.44. The van der Waals surface area contributed by atoms with E-state index in [1.54, 1.807) is 0 Å². The van der Waals surface area contributed by atoms with Crippen LogP contribution in [0.4, 0.5) is 14.5 Å². The van der Waals surface area contributed by atoms with E-state index >= 15 is 0 Å². The van der Waals surface area contributed by atoms with Crippen LogP contribution in [0.3, 0.4) is 0 Å². The Balaban J connectivity index is 2.06. The van der Waals surface area contributed by atoms with Gasteiger partial charge in [-0.2, -0.15) is 0 Å². The number of amides is 1. The van der Waals surface area contributed by atoms with Gasteiger partial charge in [0.25, 0.3) is 5.91 Å². The van der Waals surface area contributed by atoms with Crippen molar-refractivity contribution in [3.05, 3.63) is 29.3 Å². The molecule has 1 fully saturated rings. The second-order valence-electron chi connectivity index (χ2n) is 5.57. The largest absolute Gasteiger partial charge is 0.349 e. The summed E-state index contributed by atoms with van der Waals surface area (Å²) in [5, 5.41) is 2.87. The number of rotatable bonds is 4. The van der Waals surface area contributed by atoms with Crippen LogP contribution in [0.25, 0.3) is 0 Å². The number of benzene rings is 1. The molecule has 4 N–H and O–H groups in total. The molecule has 2 rings (SSSR count). The highest BCUT2D eigenvalue weighted by Gasteiger charge is 2.23. The topological polar surface area (TPSA) is 67.2 Å². The number of nitrogens with two attached hydrogens (primary N) is 1. The average molecular weight is 297 g/mol. The monoisotopic (exact) mass is 297 g/mol. The van der Waals surface area contributed by atoms with E-state index in [9.17, 15) is 13.6 Å².